The van der Waals surface area contributed by atoms with Crippen LogP contribution in [0.4, 0.5) is 0 Å². The summed E-state index contributed by atoms with van der Waals surface area (Å²) < 4.78 is 2.11. The molecule has 5 nitrogen and oxygen atoms in total. The van der Waals surface area contributed by atoms with Crippen LogP contribution in [0, 0.1) is 0 Å². The molecule has 5 heteroatoms. The van der Waals surface area contributed by atoms with Gasteiger partial charge in [0.05, 0.1) is 18.2 Å². The molecule has 1 unspecified atom stereocenters. The third-order valence-corrected chi connectivity index (χ3v) is 3.39. The van der Waals surface area contributed by atoms with E-state index in [-0.39, 0.29) is 5.41 Å². The maximum Gasteiger partial charge on any atom is 0.0995 e. The SMILES string of the molecule is CC1(c2cncn2-c2cn[nH]c2)CCNC1. The Morgan fingerprint density at radius 3 is 3.06 bits per heavy atom. The van der Waals surface area contributed by atoms with Crippen molar-refractivity contribution in [3.63, 3.8) is 0 Å². The fourth-order valence-corrected chi connectivity index (χ4v) is 2.36. The lowest BCUT2D eigenvalue weighted by atomic mass is 9.86. The van der Waals surface area contributed by atoms with Crippen molar-refractivity contribution in [1.82, 2.24) is 25.1 Å². The van der Waals surface area contributed by atoms with Gasteiger partial charge in [-0.05, 0) is 13.0 Å². The zero-order chi connectivity index (χ0) is 11.0. The van der Waals surface area contributed by atoms with Crippen LogP contribution in [0.5, 0.6) is 0 Å². The molecule has 0 radical (unpaired) electrons. The van der Waals surface area contributed by atoms with Gasteiger partial charge in [-0.25, -0.2) is 4.98 Å². The van der Waals surface area contributed by atoms with Gasteiger partial charge in [-0.1, -0.05) is 6.92 Å². The minimum Gasteiger partial charge on any atom is -0.316 e. The van der Waals surface area contributed by atoms with E-state index in [0.717, 1.165) is 25.2 Å². The molecule has 0 amide bonds. The first-order valence-electron chi connectivity index (χ1n) is 5.52. The number of imidazole rings is 1. The molecule has 84 valence electrons. The van der Waals surface area contributed by atoms with Crippen molar-refractivity contribution in [3.8, 4) is 5.69 Å². The van der Waals surface area contributed by atoms with E-state index in [0.29, 0.717) is 0 Å². The van der Waals surface area contributed by atoms with Gasteiger partial charge in [0.25, 0.3) is 0 Å². The maximum atomic E-state index is 4.26. The van der Waals surface area contributed by atoms with Gasteiger partial charge in [0.1, 0.15) is 0 Å². The summed E-state index contributed by atoms with van der Waals surface area (Å²) in [5.74, 6) is 0. The second kappa shape index (κ2) is 3.45. The summed E-state index contributed by atoms with van der Waals surface area (Å²) in [4.78, 5) is 4.26. The van der Waals surface area contributed by atoms with Gasteiger partial charge in [-0.3, -0.25) is 9.67 Å². The van der Waals surface area contributed by atoms with E-state index >= 15 is 0 Å². The lowest BCUT2D eigenvalue weighted by Crippen LogP contribution is -2.27. The smallest absolute Gasteiger partial charge is 0.0995 e. The number of nitrogens with one attached hydrogen (secondary N) is 2. The Morgan fingerprint density at radius 2 is 2.38 bits per heavy atom. The fraction of sp³-hybridized carbons (Fsp3) is 0.455. The normalized spacial score (nSPS) is 25.1. The van der Waals surface area contributed by atoms with Crippen molar-refractivity contribution < 1.29 is 0 Å². The number of aromatic amines is 1. The molecule has 2 N–H and O–H groups in total. The van der Waals surface area contributed by atoms with E-state index in [1.165, 1.54) is 5.69 Å². The highest BCUT2D eigenvalue weighted by atomic mass is 15.2. The molecule has 0 spiro atoms. The van der Waals surface area contributed by atoms with Crippen molar-refractivity contribution in [1.29, 1.82) is 0 Å². The highest BCUT2D eigenvalue weighted by Gasteiger charge is 2.33. The van der Waals surface area contributed by atoms with Crippen molar-refractivity contribution >= 4 is 0 Å². The van der Waals surface area contributed by atoms with Crippen LogP contribution in [-0.4, -0.2) is 32.8 Å². The van der Waals surface area contributed by atoms with E-state index in [1.54, 1.807) is 0 Å². The van der Waals surface area contributed by atoms with E-state index in [2.05, 4.69) is 32.0 Å². The molecule has 3 heterocycles. The first-order valence-corrected chi connectivity index (χ1v) is 5.52. The first kappa shape index (κ1) is 9.59. The molecule has 2 aromatic heterocycles. The van der Waals surface area contributed by atoms with Crippen molar-refractivity contribution in [2.45, 2.75) is 18.8 Å². The van der Waals surface area contributed by atoms with E-state index in [4.69, 9.17) is 0 Å². The minimum atomic E-state index is 0.174. The summed E-state index contributed by atoms with van der Waals surface area (Å²) in [5, 5.41) is 10.2. The number of hydrogen-bond acceptors (Lipinski definition) is 3. The van der Waals surface area contributed by atoms with Crippen LogP contribution in [0.15, 0.2) is 24.9 Å². The Morgan fingerprint density at radius 1 is 1.44 bits per heavy atom. The van der Waals surface area contributed by atoms with Crippen LogP contribution in [0.2, 0.25) is 0 Å². The molecule has 0 aromatic carbocycles. The predicted molar refractivity (Wildman–Crippen MR) is 60.5 cm³/mol. The Balaban J connectivity index is 2.06. The Kier molecular flexibility index (Phi) is 2.07. The molecule has 0 bridgehead atoms. The second-order valence-corrected chi connectivity index (χ2v) is 4.59. The van der Waals surface area contributed by atoms with E-state index in [9.17, 15) is 0 Å². The Bertz CT molecular complexity index is 464. The largest absolute Gasteiger partial charge is 0.316 e. The van der Waals surface area contributed by atoms with Crippen LogP contribution in [0.3, 0.4) is 0 Å². The molecule has 1 fully saturated rings. The molecule has 16 heavy (non-hydrogen) atoms. The lowest BCUT2D eigenvalue weighted by molar-refractivity contribution is 0.499. The van der Waals surface area contributed by atoms with Crippen LogP contribution in [-0.2, 0) is 5.41 Å². The Hall–Kier alpha value is -1.62. The minimum absolute atomic E-state index is 0.174. The molecule has 1 aliphatic rings. The number of hydrogen-bond donors (Lipinski definition) is 2. The number of H-pyrrole nitrogens is 1. The molecular weight excluding hydrogens is 202 g/mol. The molecule has 0 saturated carbocycles. The monoisotopic (exact) mass is 217 g/mol. The topological polar surface area (TPSA) is 58.5 Å². The number of aromatic nitrogens is 4. The standard InChI is InChI=1S/C11H15N5/c1-11(2-3-12-7-11)10-6-13-8-16(10)9-4-14-15-5-9/h4-6,8,12H,2-3,7H2,1H3,(H,14,15). The summed E-state index contributed by atoms with van der Waals surface area (Å²) in [6, 6.07) is 0. The van der Waals surface area contributed by atoms with Gasteiger partial charge >= 0.3 is 0 Å². The fourth-order valence-electron chi connectivity index (χ4n) is 2.36. The van der Waals surface area contributed by atoms with Gasteiger partial charge in [0.2, 0.25) is 0 Å². The van der Waals surface area contributed by atoms with Crippen molar-refractivity contribution in [2.75, 3.05) is 13.1 Å². The highest BCUT2D eigenvalue weighted by molar-refractivity contribution is 5.31. The van der Waals surface area contributed by atoms with Gasteiger partial charge < -0.3 is 5.32 Å². The molecule has 1 atom stereocenters. The van der Waals surface area contributed by atoms with Gasteiger partial charge in [0, 0.05) is 30.0 Å². The van der Waals surface area contributed by atoms with Crippen molar-refractivity contribution in [3.05, 3.63) is 30.6 Å². The van der Waals surface area contributed by atoms with Crippen LogP contribution < -0.4 is 5.32 Å². The Labute approximate surface area is 93.9 Å². The molecule has 3 rings (SSSR count). The lowest BCUT2D eigenvalue weighted by Gasteiger charge is -2.23. The molecule has 0 aliphatic carbocycles. The molecule has 1 saturated heterocycles. The summed E-state index contributed by atoms with van der Waals surface area (Å²) >= 11 is 0. The molecular formula is C11H15N5. The van der Waals surface area contributed by atoms with Gasteiger partial charge in [0.15, 0.2) is 0 Å². The van der Waals surface area contributed by atoms with Crippen molar-refractivity contribution in [2.24, 2.45) is 0 Å². The summed E-state index contributed by atoms with van der Waals surface area (Å²) in [6.45, 7) is 4.37. The van der Waals surface area contributed by atoms with Gasteiger partial charge in [-0.2, -0.15) is 5.10 Å². The third-order valence-electron chi connectivity index (χ3n) is 3.39. The zero-order valence-corrected chi connectivity index (χ0v) is 9.27. The van der Waals surface area contributed by atoms with Crippen LogP contribution >= 0.6 is 0 Å². The number of nitrogens with zero attached hydrogens (tertiary/aromatic N) is 3. The quantitative estimate of drug-likeness (QED) is 0.784. The maximum absolute atomic E-state index is 4.26. The zero-order valence-electron chi connectivity index (χ0n) is 9.27. The summed E-state index contributed by atoms with van der Waals surface area (Å²) in [6.07, 6.45) is 8.66. The average molecular weight is 217 g/mol. The summed E-state index contributed by atoms with van der Waals surface area (Å²) in [7, 11) is 0. The predicted octanol–water partition coefficient (Wildman–Crippen LogP) is 0.846. The van der Waals surface area contributed by atoms with Crippen LogP contribution in [0.25, 0.3) is 5.69 Å². The highest BCUT2D eigenvalue weighted by Crippen LogP contribution is 2.31. The second-order valence-electron chi connectivity index (χ2n) is 4.59. The van der Waals surface area contributed by atoms with Crippen LogP contribution in [0.1, 0.15) is 19.0 Å². The average Bonchev–Trinajstić information content (AvgIpc) is 2.98. The molecule has 2 aromatic rings. The van der Waals surface area contributed by atoms with E-state index in [1.807, 2.05) is 24.9 Å². The van der Waals surface area contributed by atoms with E-state index < -0.39 is 0 Å². The number of rotatable bonds is 2. The third kappa shape index (κ3) is 1.36. The molecule has 1 aliphatic heterocycles. The first-order chi connectivity index (χ1) is 7.80. The summed E-state index contributed by atoms with van der Waals surface area (Å²) in [5.41, 5.74) is 2.47. The van der Waals surface area contributed by atoms with Gasteiger partial charge in [-0.15, -0.1) is 0 Å².